The van der Waals surface area contributed by atoms with Gasteiger partial charge in [-0.1, -0.05) is 179 Å². The molecule has 0 aromatic heterocycles. The molecule has 12 bridgehead atoms. The van der Waals surface area contributed by atoms with Crippen LogP contribution in [0.4, 0.5) is 0 Å². The van der Waals surface area contributed by atoms with Gasteiger partial charge in [0.25, 0.3) is 0 Å². The highest BCUT2D eigenvalue weighted by atomic mass is 16.7. The van der Waals surface area contributed by atoms with E-state index in [1.165, 1.54) is 7.11 Å². The van der Waals surface area contributed by atoms with Gasteiger partial charge in [0.15, 0.2) is 32.0 Å². The predicted molar refractivity (Wildman–Crippen MR) is 493 cm³/mol. The normalized spacial score (nSPS) is 36.6. The van der Waals surface area contributed by atoms with Crippen molar-refractivity contribution < 1.29 is 157 Å². The highest BCUT2D eigenvalue weighted by Crippen LogP contribution is 2.64. The number of fused-ring (bicyclic) bond motifs is 7. The Balaban J connectivity index is 0.000000792. The van der Waals surface area contributed by atoms with Crippen LogP contribution in [0.5, 0.6) is 0 Å². The number of cyclic esters (lactones) is 1. The zero-order chi connectivity index (χ0) is 88.3. The second-order valence-corrected chi connectivity index (χ2v) is 37.6. The van der Waals surface area contributed by atoms with Crippen molar-refractivity contribution in [1.82, 2.24) is 0 Å². The molecule has 11 saturated carbocycles. The zero-order valence-corrected chi connectivity index (χ0v) is 72.5. The SMILES string of the molecule is C.C.C.C.C.C.C.C.C.C.C.C.CCC(C)C(=O)OC1C2CC3C1OC(=O)C3(C)C2.CCC(C)C(=O)OC1C2CC3C1OC(=O)C3C2C.CCC(C)C(=O)OC1CC2CCC1C1COC(=O)C21.CCC(C)C(=O)OCC(=O)OC1C2CC3C(=O)OC1C3C2.CCC(C)C(=O)OCC(=O)OC1C2CC3C(=O)OC1C3O2.CCC(C)C(=O)OCC(=O)OC1C2CC3C1OC(=O)C3C2C(=O)OC. The fraction of sp³-hybridized carbons (Fsp3) is 0.842. The minimum absolute atomic E-state index is 0. The average Bonchev–Trinajstić information content (AvgIpc) is 1.54. The molecule has 134 heavy (non-hydrogen) atoms. The van der Waals surface area contributed by atoms with Crippen molar-refractivity contribution in [2.45, 2.75) is 368 Å². The summed E-state index contributed by atoms with van der Waals surface area (Å²) in [6.45, 7) is 25.7. The first-order valence-corrected chi connectivity index (χ1v) is 44.7. The highest BCUT2D eigenvalue weighted by molar-refractivity contribution is 5.87. The largest absolute Gasteiger partial charge is 0.469 e. The fourth-order valence-corrected chi connectivity index (χ4v) is 22.7. The van der Waals surface area contributed by atoms with Gasteiger partial charge < -0.3 is 80.5 Å². The van der Waals surface area contributed by atoms with E-state index in [1.807, 2.05) is 69.2 Å². The van der Waals surface area contributed by atoms with Crippen LogP contribution in [0.1, 0.15) is 289 Å². The van der Waals surface area contributed by atoms with Gasteiger partial charge in [-0.15, -0.1) is 0 Å². The summed E-state index contributed by atoms with van der Waals surface area (Å²) in [6, 6.07) is 0. The monoisotopic (exact) mass is 1910 g/mol. The predicted octanol–water partition coefficient (Wildman–Crippen LogP) is 15.2. The van der Waals surface area contributed by atoms with Gasteiger partial charge in [-0.2, -0.15) is 0 Å². The van der Waals surface area contributed by atoms with E-state index in [2.05, 4.69) is 6.92 Å². The number of ether oxygens (including phenoxy) is 17. The van der Waals surface area contributed by atoms with E-state index in [4.69, 9.17) is 80.5 Å². The number of hydrogen-bond donors (Lipinski definition) is 0. The smallest absolute Gasteiger partial charge is 0.344 e. The van der Waals surface area contributed by atoms with Crippen LogP contribution < -0.4 is 0 Å². The molecule has 38 atom stereocenters. The lowest BCUT2D eigenvalue weighted by Crippen LogP contribution is -2.49. The highest BCUT2D eigenvalue weighted by Gasteiger charge is 2.73. The summed E-state index contributed by atoms with van der Waals surface area (Å²) < 4.78 is 90.1. The second kappa shape index (κ2) is 50.7. The quantitative estimate of drug-likeness (QED) is 0.0605. The number of hydrogen-bond acceptors (Lipinski definition) is 33. The van der Waals surface area contributed by atoms with E-state index in [-0.39, 0.29) is 310 Å². The van der Waals surface area contributed by atoms with Crippen LogP contribution in [0.2, 0.25) is 0 Å². The molecule has 33 nitrogen and oxygen atoms in total. The van der Waals surface area contributed by atoms with Crippen molar-refractivity contribution in [1.29, 1.82) is 0 Å². The summed E-state index contributed by atoms with van der Waals surface area (Å²) in [5.41, 5.74) is -0.311. The maximum absolute atomic E-state index is 12.1. The first kappa shape index (κ1) is 123. The molecule has 11 aliphatic carbocycles. The first-order chi connectivity index (χ1) is 58.0. The van der Waals surface area contributed by atoms with Gasteiger partial charge in [0.2, 0.25) is 0 Å². The topological polar surface area (TPSA) is 430 Å². The molecule has 19 fully saturated rings. The molecule has 0 aromatic carbocycles. The van der Waals surface area contributed by atoms with Crippen LogP contribution in [0.25, 0.3) is 0 Å². The summed E-state index contributed by atoms with van der Waals surface area (Å²) >= 11 is 0. The Morgan fingerprint density at radius 1 is 0.366 bits per heavy atom. The lowest BCUT2D eigenvalue weighted by molar-refractivity contribution is -0.173. The lowest BCUT2D eigenvalue weighted by Gasteiger charge is -2.47. The number of methoxy groups -OCH3 is 1. The number of rotatable bonds is 25. The molecular formula is C101H170O33. The van der Waals surface area contributed by atoms with Crippen LogP contribution in [-0.2, 0) is 157 Å². The average molecular weight is 1910 g/mol. The molecule has 8 saturated heterocycles. The molecule has 8 aliphatic heterocycles. The Hall–Kier alpha value is -8.52. The Morgan fingerprint density at radius 2 is 0.791 bits per heavy atom. The summed E-state index contributed by atoms with van der Waals surface area (Å²) in [5, 5.41) is 0. The van der Waals surface area contributed by atoms with Crippen LogP contribution >= 0.6 is 0 Å². The van der Waals surface area contributed by atoms with Gasteiger partial charge in [0.05, 0.1) is 96.3 Å². The molecule has 0 amide bonds. The van der Waals surface area contributed by atoms with Crippen molar-refractivity contribution in [2.24, 2.45) is 147 Å². The summed E-state index contributed by atoms with van der Waals surface area (Å²) in [6.07, 6.45) is 8.41. The zero-order valence-electron chi connectivity index (χ0n) is 72.5. The minimum Gasteiger partial charge on any atom is -0.469 e. The molecular weight excluding hydrogens is 1740 g/mol. The third-order valence-corrected chi connectivity index (χ3v) is 30.9. The number of esters is 16. The Kier molecular flexibility index (Phi) is 46.7. The summed E-state index contributed by atoms with van der Waals surface area (Å²) in [4.78, 5) is 189. The van der Waals surface area contributed by atoms with Crippen molar-refractivity contribution >= 4 is 95.5 Å². The molecule has 8 heterocycles. The molecule has 19 rings (SSSR count). The summed E-state index contributed by atoms with van der Waals surface area (Å²) in [5.74, 6) is -4.99. The van der Waals surface area contributed by atoms with E-state index in [1.54, 1.807) is 20.8 Å². The van der Waals surface area contributed by atoms with Gasteiger partial charge >= 0.3 is 95.5 Å². The molecule has 33 heteroatoms. The van der Waals surface area contributed by atoms with Crippen LogP contribution in [0.15, 0.2) is 0 Å². The molecule has 0 N–H and O–H groups in total. The third kappa shape index (κ3) is 23.7. The maximum atomic E-state index is 12.1. The van der Waals surface area contributed by atoms with E-state index in [0.29, 0.717) is 62.4 Å². The first-order valence-electron chi connectivity index (χ1n) is 44.7. The van der Waals surface area contributed by atoms with Crippen molar-refractivity contribution in [3.63, 3.8) is 0 Å². The van der Waals surface area contributed by atoms with Crippen LogP contribution in [0, 0.1) is 147 Å². The number of carbonyl (C=O) groups is 16. The fourth-order valence-electron chi connectivity index (χ4n) is 22.7. The Labute approximate surface area is 798 Å². The van der Waals surface area contributed by atoms with Crippen LogP contribution in [0.3, 0.4) is 0 Å². The Bertz CT molecular complexity index is 3940. The van der Waals surface area contributed by atoms with Gasteiger partial charge in [0.1, 0.15) is 61.0 Å². The second-order valence-electron chi connectivity index (χ2n) is 37.6. The van der Waals surface area contributed by atoms with Gasteiger partial charge in [0, 0.05) is 59.2 Å². The molecule has 0 spiro atoms. The van der Waals surface area contributed by atoms with Crippen molar-refractivity contribution in [2.75, 3.05) is 33.5 Å². The Morgan fingerprint density at radius 3 is 1.31 bits per heavy atom. The van der Waals surface area contributed by atoms with Gasteiger partial charge in [-0.25, -0.2) is 14.4 Å². The minimum atomic E-state index is -0.711. The molecule has 772 valence electrons. The van der Waals surface area contributed by atoms with Crippen molar-refractivity contribution in [3.05, 3.63) is 0 Å². The van der Waals surface area contributed by atoms with E-state index in [0.717, 1.165) is 70.6 Å². The molecule has 0 radical (unpaired) electrons. The van der Waals surface area contributed by atoms with Gasteiger partial charge in [-0.05, 0) is 121 Å². The lowest BCUT2D eigenvalue weighted by atomic mass is 9.58. The van der Waals surface area contributed by atoms with E-state index >= 15 is 0 Å². The van der Waals surface area contributed by atoms with Gasteiger partial charge in [-0.3, -0.25) is 62.3 Å². The standard InChI is InChI=1S/C17H22O8.C15H20O6.C15H22O4.C14H18O7.2C14H20O4.12CH4/c1-4-7(2)15(19)23-6-10(18)24-13-8-5-9-12(11(8)16(20)22-3)17(21)25-14(9)13;1-3-7(2)14(17)19-6-11(16)20-12-8-4-9-10(5-8)15(18)21-13(9)12;1-3-8(2)14(16)19-12-6-9-4-5-10(12)11-7-18-15(17)13(9)11;1-3-6(2)13(16)18-5-9(15)20-11-8-4-7-10(19-8)12(11)21-14(7)17;1-4-7(2)12(15)17-10-8-5-9-11(10)18-13(16)14(9,3)6-8;1-4-6(2)13(15)17-11-8-5-9-10(7(8)3)14(16)18-12(9)11;;;;;;;;;;;;/h7-9,11-14H,4-6H2,1-3H3;7-10,12-13H,3-6H2,1-2H3;8-13H,3-7H2,1-2H3;6-8,10-12H,3-5H2,1-2H3;7-11H,4-6H2,1-3H3;6-12H,4-5H2,1-3H3;12*1H4. The van der Waals surface area contributed by atoms with E-state index in [9.17, 15) is 76.7 Å². The summed E-state index contributed by atoms with van der Waals surface area (Å²) in [7, 11) is 1.27. The van der Waals surface area contributed by atoms with Crippen LogP contribution in [-0.4, -0.2) is 208 Å². The number of carbonyl (C=O) groups excluding carboxylic acids is 16. The third-order valence-electron chi connectivity index (χ3n) is 30.9. The maximum Gasteiger partial charge on any atom is 0.344 e. The van der Waals surface area contributed by atoms with Crippen molar-refractivity contribution in [3.8, 4) is 0 Å². The molecule has 19 aliphatic rings. The van der Waals surface area contributed by atoms with E-state index < -0.39 is 97.2 Å². The molecule has 0 aromatic rings. The molecule has 38 unspecified atom stereocenters.